The number of likely N-dealkylation sites (N-methyl/N-ethyl adjacent to an activating group) is 1. The topological polar surface area (TPSA) is 102 Å². The number of carboxylic acid groups (broad SMARTS) is 1. The number of quaternary nitrogens is 1. The van der Waals surface area contributed by atoms with Crippen molar-refractivity contribution in [3.05, 3.63) is 48.6 Å². The van der Waals surface area contributed by atoms with Crippen molar-refractivity contribution in [3.63, 3.8) is 0 Å². The molecule has 2 unspecified atom stereocenters. The van der Waals surface area contributed by atoms with Crippen molar-refractivity contribution in [1.29, 1.82) is 0 Å². The molecule has 318 valence electrons. The molecular formula is C47H83NO7. The zero-order valence-corrected chi connectivity index (χ0v) is 36.1. The Kier molecular flexibility index (Phi) is 36.3. The van der Waals surface area contributed by atoms with E-state index in [1.807, 2.05) is 36.5 Å². The summed E-state index contributed by atoms with van der Waals surface area (Å²) in [6.45, 7) is 4.48. The number of carbonyl (C=O) groups excluding carboxylic acids is 3. The monoisotopic (exact) mass is 774 g/mol. The molecule has 0 aromatic carbocycles. The lowest BCUT2D eigenvalue weighted by atomic mass is 10.0. The van der Waals surface area contributed by atoms with Gasteiger partial charge in [-0.3, -0.25) is 9.59 Å². The fourth-order valence-corrected chi connectivity index (χ4v) is 6.38. The molecule has 0 fully saturated rings. The Morgan fingerprint density at radius 3 is 1.51 bits per heavy atom. The first-order chi connectivity index (χ1) is 26.6. The molecule has 0 amide bonds. The van der Waals surface area contributed by atoms with Crippen molar-refractivity contribution in [2.75, 3.05) is 41.0 Å². The molecule has 8 nitrogen and oxygen atoms in total. The van der Waals surface area contributed by atoms with Gasteiger partial charge in [0.15, 0.2) is 6.10 Å². The second kappa shape index (κ2) is 38.2. The van der Waals surface area contributed by atoms with E-state index in [-0.39, 0.29) is 49.1 Å². The first-order valence-corrected chi connectivity index (χ1v) is 22.2. The third-order valence-electron chi connectivity index (χ3n) is 9.82. The molecule has 0 bridgehead atoms. The molecule has 55 heavy (non-hydrogen) atoms. The van der Waals surface area contributed by atoms with E-state index >= 15 is 0 Å². The standard InChI is InChI=1S/C47H83NO7/c1-6-8-10-12-14-16-18-20-21-22-23-24-26-27-29-31-33-35-37-45(49)54-42-43(41-53-40-39-44(47(51)52)48(3,4)5)55-46(50)38-36-34-32-30-28-25-19-17-15-13-11-9-7-2/h9,11,13,15,17,19,25,28,43-44H,6-8,10,12,14,16,18,20-24,26-27,29-42H2,1-5H3/b11-9+,15-13+,19-17+,28-25+. The molecule has 0 aliphatic heterocycles. The Morgan fingerprint density at radius 1 is 0.564 bits per heavy atom. The van der Waals surface area contributed by atoms with Gasteiger partial charge < -0.3 is 28.6 Å². The van der Waals surface area contributed by atoms with Crippen molar-refractivity contribution in [2.24, 2.45) is 0 Å². The molecule has 0 saturated carbocycles. The summed E-state index contributed by atoms with van der Waals surface area (Å²) in [6, 6.07) is -0.733. The van der Waals surface area contributed by atoms with Gasteiger partial charge in [-0.15, -0.1) is 0 Å². The maximum atomic E-state index is 12.7. The predicted octanol–water partition coefficient (Wildman–Crippen LogP) is 10.7. The Hall–Kier alpha value is -2.71. The summed E-state index contributed by atoms with van der Waals surface area (Å²) in [6.07, 6.45) is 44.3. The minimum absolute atomic E-state index is 0.0253. The fraction of sp³-hybridized carbons (Fsp3) is 0.766. The maximum Gasteiger partial charge on any atom is 0.306 e. The lowest BCUT2D eigenvalue weighted by molar-refractivity contribution is -0.889. The van der Waals surface area contributed by atoms with Crippen LogP contribution in [0.4, 0.5) is 0 Å². The average molecular weight is 774 g/mol. The number of allylic oxidation sites excluding steroid dienone is 8. The summed E-state index contributed by atoms with van der Waals surface area (Å²) >= 11 is 0. The van der Waals surface area contributed by atoms with E-state index in [9.17, 15) is 19.5 Å². The minimum Gasteiger partial charge on any atom is -0.544 e. The second-order valence-electron chi connectivity index (χ2n) is 16.0. The number of esters is 2. The third-order valence-corrected chi connectivity index (χ3v) is 9.82. The SMILES string of the molecule is CC/C=C/C=C/C=C/C=C/CCCCCC(=O)OC(COCCC(C(=O)[O-])[N+](C)(C)C)COC(=O)CCCCCCCCCCCCCCCCCCCC. The molecule has 8 heteroatoms. The van der Waals surface area contributed by atoms with Gasteiger partial charge in [0.1, 0.15) is 12.6 Å². The average Bonchev–Trinajstić information content (AvgIpc) is 3.14. The Labute approximate surface area is 337 Å². The number of hydrogen-bond acceptors (Lipinski definition) is 7. The van der Waals surface area contributed by atoms with Crippen LogP contribution in [0.3, 0.4) is 0 Å². The number of nitrogens with zero attached hydrogens (tertiary/aromatic N) is 1. The number of ether oxygens (including phenoxy) is 3. The molecule has 0 aliphatic rings. The number of aliphatic carboxylic acids is 1. The molecule has 0 saturated heterocycles. The lowest BCUT2D eigenvalue weighted by Crippen LogP contribution is -2.55. The van der Waals surface area contributed by atoms with Gasteiger partial charge in [0.05, 0.1) is 40.3 Å². The maximum absolute atomic E-state index is 12.7. The zero-order chi connectivity index (χ0) is 40.7. The summed E-state index contributed by atoms with van der Waals surface area (Å²) in [4.78, 5) is 36.8. The van der Waals surface area contributed by atoms with Crippen molar-refractivity contribution >= 4 is 17.9 Å². The van der Waals surface area contributed by atoms with Crippen LogP contribution in [0.2, 0.25) is 0 Å². The molecule has 0 aliphatic carbocycles. The van der Waals surface area contributed by atoms with Crippen LogP contribution < -0.4 is 5.11 Å². The van der Waals surface area contributed by atoms with E-state index in [4.69, 9.17) is 14.2 Å². The zero-order valence-electron chi connectivity index (χ0n) is 36.1. The van der Waals surface area contributed by atoms with Crippen LogP contribution in [0.1, 0.15) is 181 Å². The first kappa shape index (κ1) is 52.3. The van der Waals surface area contributed by atoms with Crippen molar-refractivity contribution in [2.45, 2.75) is 193 Å². The highest BCUT2D eigenvalue weighted by molar-refractivity contribution is 5.70. The molecule has 0 rings (SSSR count). The van der Waals surface area contributed by atoms with Crippen LogP contribution in [0.5, 0.6) is 0 Å². The van der Waals surface area contributed by atoms with Gasteiger partial charge in [0.2, 0.25) is 0 Å². The number of carbonyl (C=O) groups is 3. The highest BCUT2D eigenvalue weighted by Crippen LogP contribution is 2.15. The highest BCUT2D eigenvalue weighted by Gasteiger charge is 2.25. The Balaban J connectivity index is 4.33. The largest absolute Gasteiger partial charge is 0.544 e. The minimum atomic E-state index is -1.13. The predicted molar refractivity (Wildman–Crippen MR) is 226 cm³/mol. The van der Waals surface area contributed by atoms with Gasteiger partial charge in [0.25, 0.3) is 0 Å². The quantitative estimate of drug-likeness (QED) is 0.0265. The Bertz CT molecular complexity index is 1040. The van der Waals surface area contributed by atoms with Crippen LogP contribution in [-0.2, 0) is 28.6 Å². The number of carboxylic acids is 1. The van der Waals surface area contributed by atoms with Gasteiger partial charge in [-0.25, -0.2) is 0 Å². The third kappa shape index (κ3) is 36.7. The first-order valence-electron chi connectivity index (χ1n) is 22.2. The second-order valence-corrected chi connectivity index (χ2v) is 16.0. The molecule has 2 atom stereocenters. The number of hydrogen-bond donors (Lipinski definition) is 0. The summed E-state index contributed by atoms with van der Waals surface area (Å²) in [5.74, 6) is -1.78. The van der Waals surface area contributed by atoms with Crippen LogP contribution in [-0.4, -0.2) is 75.5 Å². The molecule has 0 spiro atoms. The number of unbranched alkanes of at least 4 members (excludes halogenated alkanes) is 20. The van der Waals surface area contributed by atoms with Crippen molar-refractivity contribution in [1.82, 2.24) is 0 Å². The summed E-state index contributed by atoms with van der Waals surface area (Å²) in [5, 5.41) is 11.6. The van der Waals surface area contributed by atoms with E-state index < -0.39 is 18.1 Å². The van der Waals surface area contributed by atoms with Gasteiger partial charge in [-0.05, 0) is 32.1 Å². The van der Waals surface area contributed by atoms with E-state index in [2.05, 4.69) is 26.0 Å². The van der Waals surface area contributed by atoms with Crippen molar-refractivity contribution < 1.29 is 38.2 Å². The van der Waals surface area contributed by atoms with Gasteiger partial charge in [-0.1, -0.05) is 178 Å². The fourth-order valence-electron chi connectivity index (χ4n) is 6.38. The molecule has 0 aromatic heterocycles. The molecular weight excluding hydrogens is 691 g/mol. The van der Waals surface area contributed by atoms with E-state index in [0.29, 0.717) is 12.8 Å². The van der Waals surface area contributed by atoms with E-state index in [0.717, 1.165) is 44.9 Å². The highest BCUT2D eigenvalue weighted by atomic mass is 16.6. The van der Waals surface area contributed by atoms with Gasteiger partial charge >= 0.3 is 11.9 Å². The Morgan fingerprint density at radius 2 is 1.02 bits per heavy atom. The van der Waals surface area contributed by atoms with E-state index in [1.165, 1.54) is 96.3 Å². The van der Waals surface area contributed by atoms with Gasteiger partial charge in [-0.2, -0.15) is 0 Å². The summed E-state index contributed by atoms with van der Waals surface area (Å²) < 4.78 is 17.1. The van der Waals surface area contributed by atoms with Crippen LogP contribution in [0.25, 0.3) is 0 Å². The van der Waals surface area contributed by atoms with Crippen LogP contribution in [0, 0.1) is 0 Å². The lowest BCUT2D eigenvalue weighted by Gasteiger charge is -2.34. The van der Waals surface area contributed by atoms with E-state index in [1.54, 1.807) is 21.1 Å². The number of rotatable bonds is 39. The van der Waals surface area contributed by atoms with Gasteiger partial charge in [0, 0.05) is 19.3 Å². The smallest absolute Gasteiger partial charge is 0.306 e. The molecule has 0 radical (unpaired) electrons. The van der Waals surface area contributed by atoms with Crippen LogP contribution >= 0.6 is 0 Å². The van der Waals surface area contributed by atoms with Crippen molar-refractivity contribution in [3.8, 4) is 0 Å². The molecule has 0 aromatic rings. The summed E-state index contributed by atoms with van der Waals surface area (Å²) in [7, 11) is 5.39. The molecule has 0 N–H and O–H groups in total. The van der Waals surface area contributed by atoms with Crippen LogP contribution in [0.15, 0.2) is 48.6 Å². The normalized spacial score (nSPS) is 13.4. The summed E-state index contributed by atoms with van der Waals surface area (Å²) in [5.41, 5.74) is 0. The molecule has 0 heterocycles.